The molecule has 0 unspecified atom stereocenters. The van der Waals surface area contributed by atoms with Gasteiger partial charge in [0.2, 0.25) is 0 Å². The van der Waals surface area contributed by atoms with E-state index in [-0.39, 0.29) is 30.4 Å². The highest BCUT2D eigenvalue weighted by Gasteiger charge is 2.26. The van der Waals surface area contributed by atoms with Crippen LogP contribution in [0.1, 0.15) is 31.2 Å². The maximum atomic E-state index is 13.8. The van der Waals surface area contributed by atoms with Crippen LogP contribution < -0.4 is 10.6 Å². The fourth-order valence-electron chi connectivity index (χ4n) is 2.79. The molecule has 0 saturated heterocycles. The first-order chi connectivity index (χ1) is 11.0. The minimum absolute atomic E-state index is 0.0220. The van der Waals surface area contributed by atoms with Crippen molar-refractivity contribution in [3.63, 3.8) is 0 Å². The molecule has 1 aromatic carbocycles. The SMILES string of the molecule is CSc1cccc(F)c1CNC(=O)NC1CCC(C(=O)O)CC1. The molecular weight excluding hydrogens is 319 g/mol. The van der Waals surface area contributed by atoms with Gasteiger partial charge in [0, 0.05) is 23.0 Å². The maximum Gasteiger partial charge on any atom is 0.315 e. The second-order valence-electron chi connectivity index (χ2n) is 5.63. The van der Waals surface area contributed by atoms with Gasteiger partial charge in [-0.15, -0.1) is 11.8 Å². The highest BCUT2D eigenvalue weighted by Crippen LogP contribution is 2.25. The molecule has 2 amide bonds. The van der Waals surface area contributed by atoms with Crippen LogP contribution in [0.5, 0.6) is 0 Å². The highest BCUT2D eigenvalue weighted by atomic mass is 32.2. The van der Waals surface area contributed by atoms with Gasteiger partial charge < -0.3 is 15.7 Å². The number of benzene rings is 1. The summed E-state index contributed by atoms with van der Waals surface area (Å²) in [4.78, 5) is 23.6. The van der Waals surface area contributed by atoms with E-state index in [4.69, 9.17) is 5.11 Å². The van der Waals surface area contributed by atoms with Gasteiger partial charge in [0.1, 0.15) is 5.82 Å². The van der Waals surface area contributed by atoms with Crippen LogP contribution in [0.25, 0.3) is 0 Å². The lowest BCUT2D eigenvalue weighted by Crippen LogP contribution is -2.44. The number of carboxylic acid groups (broad SMARTS) is 1. The van der Waals surface area contributed by atoms with Gasteiger partial charge in [-0.3, -0.25) is 4.79 Å². The number of amides is 2. The third-order valence-corrected chi connectivity index (χ3v) is 4.96. The Labute approximate surface area is 139 Å². The largest absolute Gasteiger partial charge is 0.481 e. The first-order valence-corrected chi connectivity index (χ1v) is 8.82. The van der Waals surface area contributed by atoms with E-state index in [1.165, 1.54) is 17.8 Å². The Morgan fingerprint density at radius 3 is 2.61 bits per heavy atom. The Morgan fingerprint density at radius 2 is 2.00 bits per heavy atom. The minimum atomic E-state index is -0.767. The summed E-state index contributed by atoms with van der Waals surface area (Å²) in [5.41, 5.74) is 0.477. The molecule has 0 atom stereocenters. The molecule has 126 valence electrons. The number of aliphatic carboxylic acids is 1. The van der Waals surface area contributed by atoms with Gasteiger partial charge in [-0.05, 0) is 44.1 Å². The van der Waals surface area contributed by atoms with Crippen molar-refractivity contribution in [1.29, 1.82) is 0 Å². The van der Waals surface area contributed by atoms with E-state index in [2.05, 4.69) is 10.6 Å². The molecule has 5 nitrogen and oxygen atoms in total. The quantitative estimate of drug-likeness (QED) is 0.720. The van der Waals surface area contributed by atoms with Gasteiger partial charge in [-0.1, -0.05) is 6.07 Å². The molecule has 23 heavy (non-hydrogen) atoms. The van der Waals surface area contributed by atoms with Gasteiger partial charge in [-0.25, -0.2) is 9.18 Å². The number of thioether (sulfide) groups is 1. The topological polar surface area (TPSA) is 78.4 Å². The average molecular weight is 340 g/mol. The normalized spacial score (nSPS) is 20.8. The van der Waals surface area contributed by atoms with Crippen molar-refractivity contribution in [3.05, 3.63) is 29.6 Å². The molecule has 0 aliphatic heterocycles. The van der Waals surface area contributed by atoms with Gasteiger partial charge in [0.05, 0.1) is 5.92 Å². The first kappa shape index (κ1) is 17.6. The number of carboxylic acids is 1. The molecule has 7 heteroatoms. The van der Waals surface area contributed by atoms with E-state index < -0.39 is 5.97 Å². The number of nitrogens with one attached hydrogen (secondary N) is 2. The molecule has 0 spiro atoms. The third-order valence-electron chi connectivity index (χ3n) is 4.13. The molecule has 1 fully saturated rings. The number of halogens is 1. The molecule has 1 aliphatic rings. The summed E-state index contributed by atoms with van der Waals surface area (Å²) in [6.07, 6.45) is 4.31. The number of rotatable bonds is 5. The third kappa shape index (κ3) is 4.86. The number of hydrogen-bond donors (Lipinski definition) is 3. The number of carbonyl (C=O) groups is 2. The van der Waals surface area contributed by atoms with Crippen LogP contribution in [0.4, 0.5) is 9.18 Å². The van der Waals surface area contributed by atoms with Crippen LogP contribution in [0, 0.1) is 11.7 Å². The van der Waals surface area contributed by atoms with Gasteiger partial charge in [0.15, 0.2) is 0 Å². The molecule has 2 rings (SSSR count). The van der Waals surface area contributed by atoms with E-state index in [0.29, 0.717) is 31.2 Å². The Balaban J connectivity index is 1.81. The van der Waals surface area contributed by atoms with Crippen molar-refractivity contribution in [3.8, 4) is 0 Å². The van der Waals surface area contributed by atoms with Crippen LogP contribution in [0.15, 0.2) is 23.1 Å². The Morgan fingerprint density at radius 1 is 1.30 bits per heavy atom. The van der Waals surface area contributed by atoms with Crippen molar-refractivity contribution < 1.29 is 19.1 Å². The molecule has 0 radical (unpaired) electrons. The molecular formula is C16H21FN2O3S. The molecule has 3 N–H and O–H groups in total. The summed E-state index contributed by atoms with van der Waals surface area (Å²) in [7, 11) is 0. The van der Waals surface area contributed by atoms with Crippen molar-refractivity contribution in [2.75, 3.05) is 6.26 Å². The summed E-state index contributed by atoms with van der Waals surface area (Å²) in [6, 6.07) is 4.47. The number of carbonyl (C=O) groups excluding carboxylic acids is 1. The van der Waals surface area contributed by atoms with E-state index in [0.717, 1.165) is 4.90 Å². The summed E-state index contributed by atoms with van der Waals surface area (Å²) in [5.74, 6) is -1.41. The predicted octanol–water partition coefficient (Wildman–Crippen LogP) is 2.99. The minimum Gasteiger partial charge on any atom is -0.481 e. The standard InChI is InChI=1S/C16H21FN2O3S/c1-23-14-4-2-3-13(17)12(14)9-18-16(22)19-11-7-5-10(6-8-11)15(20)21/h2-4,10-11H,5-9H2,1H3,(H,20,21)(H2,18,19,22). The molecule has 0 bridgehead atoms. The van der Waals surface area contributed by atoms with Gasteiger partial charge >= 0.3 is 12.0 Å². The van der Waals surface area contributed by atoms with Crippen molar-refractivity contribution in [2.24, 2.45) is 5.92 Å². The zero-order valence-electron chi connectivity index (χ0n) is 13.0. The lowest BCUT2D eigenvalue weighted by Gasteiger charge is -2.26. The predicted molar refractivity (Wildman–Crippen MR) is 86.9 cm³/mol. The fraction of sp³-hybridized carbons (Fsp3) is 0.500. The monoisotopic (exact) mass is 340 g/mol. The lowest BCUT2D eigenvalue weighted by atomic mass is 9.86. The van der Waals surface area contributed by atoms with E-state index >= 15 is 0 Å². The zero-order valence-corrected chi connectivity index (χ0v) is 13.8. The Bertz CT molecular complexity index is 574. The molecule has 0 aromatic heterocycles. The zero-order chi connectivity index (χ0) is 16.8. The maximum absolute atomic E-state index is 13.8. The molecule has 1 saturated carbocycles. The van der Waals surface area contributed by atoms with Crippen molar-refractivity contribution >= 4 is 23.8 Å². The van der Waals surface area contributed by atoms with Crippen LogP contribution >= 0.6 is 11.8 Å². The summed E-state index contributed by atoms with van der Waals surface area (Å²) < 4.78 is 13.8. The molecule has 0 heterocycles. The average Bonchev–Trinajstić information content (AvgIpc) is 2.54. The van der Waals surface area contributed by atoms with Gasteiger partial charge in [-0.2, -0.15) is 0 Å². The van der Waals surface area contributed by atoms with Crippen molar-refractivity contribution in [1.82, 2.24) is 10.6 Å². The fourth-order valence-corrected chi connectivity index (χ4v) is 3.42. The van der Waals surface area contributed by atoms with E-state index in [1.54, 1.807) is 6.07 Å². The number of hydrogen-bond acceptors (Lipinski definition) is 3. The van der Waals surface area contributed by atoms with Crippen LogP contribution in [0.2, 0.25) is 0 Å². The first-order valence-electron chi connectivity index (χ1n) is 7.59. The summed E-state index contributed by atoms with van der Waals surface area (Å²) in [6.45, 7) is 0.124. The number of urea groups is 1. The van der Waals surface area contributed by atoms with E-state index in [9.17, 15) is 14.0 Å². The van der Waals surface area contributed by atoms with Gasteiger partial charge in [0.25, 0.3) is 0 Å². The summed E-state index contributed by atoms with van der Waals surface area (Å²) >= 11 is 1.43. The van der Waals surface area contributed by atoms with Crippen LogP contribution in [-0.2, 0) is 11.3 Å². The second kappa shape index (κ2) is 8.19. The smallest absolute Gasteiger partial charge is 0.315 e. The highest BCUT2D eigenvalue weighted by molar-refractivity contribution is 7.98. The second-order valence-corrected chi connectivity index (χ2v) is 6.48. The Hall–Kier alpha value is -1.76. The van der Waals surface area contributed by atoms with Crippen LogP contribution in [-0.4, -0.2) is 29.4 Å². The molecule has 1 aliphatic carbocycles. The van der Waals surface area contributed by atoms with Crippen LogP contribution in [0.3, 0.4) is 0 Å². The van der Waals surface area contributed by atoms with E-state index in [1.807, 2.05) is 12.3 Å². The lowest BCUT2D eigenvalue weighted by molar-refractivity contribution is -0.142. The molecule has 1 aromatic rings. The summed E-state index contributed by atoms with van der Waals surface area (Å²) in [5, 5.41) is 14.5. The Kier molecular flexibility index (Phi) is 6.27. The van der Waals surface area contributed by atoms with Crippen molar-refractivity contribution in [2.45, 2.75) is 43.2 Å².